The molecule has 0 aromatic carbocycles. The van der Waals surface area contributed by atoms with Crippen LogP contribution in [0.4, 0.5) is 0 Å². The summed E-state index contributed by atoms with van der Waals surface area (Å²) in [4.78, 5) is 11.9. The van der Waals surface area contributed by atoms with Gasteiger partial charge in [0.25, 0.3) is 0 Å². The third-order valence-electron chi connectivity index (χ3n) is 4.01. The number of aromatic amines is 1. The van der Waals surface area contributed by atoms with Crippen molar-refractivity contribution in [3.8, 4) is 11.3 Å². The first-order valence-electron chi connectivity index (χ1n) is 6.71. The molecular formula is C15H15N3O. The van der Waals surface area contributed by atoms with Crippen LogP contribution in [0.1, 0.15) is 36.6 Å². The molecule has 1 N–H and O–H groups in total. The minimum absolute atomic E-state index is 0.684. The highest BCUT2D eigenvalue weighted by molar-refractivity contribution is 5.84. The van der Waals surface area contributed by atoms with Crippen LogP contribution >= 0.6 is 0 Å². The lowest BCUT2D eigenvalue weighted by Gasteiger charge is -2.24. The van der Waals surface area contributed by atoms with E-state index in [1.165, 1.54) is 30.2 Å². The summed E-state index contributed by atoms with van der Waals surface area (Å²) >= 11 is 0. The summed E-state index contributed by atoms with van der Waals surface area (Å²) in [5, 5.41) is 1.22. The predicted molar refractivity (Wildman–Crippen MR) is 72.9 cm³/mol. The van der Waals surface area contributed by atoms with E-state index in [1.54, 1.807) is 6.20 Å². The van der Waals surface area contributed by atoms with Crippen molar-refractivity contribution in [2.24, 2.45) is 0 Å². The molecule has 0 spiro atoms. The fourth-order valence-electron chi connectivity index (χ4n) is 2.71. The summed E-state index contributed by atoms with van der Waals surface area (Å²) in [6.07, 6.45) is 9.62. The second-order valence-electron chi connectivity index (χ2n) is 5.24. The van der Waals surface area contributed by atoms with Gasteiger partial charge in [0.05, 0.1) is 6.20 Å². The highest BCUT2D eigenvalue weighted by Crippen LogP contribution is 2.40. The lowest BCUT2D eigenvalue weighted by molar-refractivity contribution is 0.422. The van der Waals surface area contributed by atoms with Gasteiger partial charge in [0, 0.05) is 30.3 Å². The van der Waals surface area contributed by atoms with Crippen LogP contribution in [0.3, 0.4) is 0 Å². The van der Waals surface area contributed by atoms with Crippen molar-refractivity contribution >= 4 is 11.0 Å². The second-order valence-corrected chi connectivity index (χ2v) is 5.24. The second kappa shape index (κ2) is 3.95. The molecule has 0 amide bonds. The Bertz CT molecular complexity index is 737. The zero-order valence-electron chi connectivity index (χ0n) is 10.8. The molecule has 3 heterocycles. The number of hydrogen-bond acceptors (Lipinski definition) is 3. The zero-order valence-corrected chi connectivity index (χ0v) is 10.8. The lowest BCUT2D eigenvalue weighted by Crippen LogP contribution is -2.07. The average molecular weight is 253 g/mol. The molecule has 19 heavy (non-hydrogen) atoms. The molecule has 4 nitrogen and oxygen atoms in total. The SMILES string of the molecule is Cc1ncc(-c2cnc3[nH]cc(C4CCC4)c3c2)o1. The number of H-pyrrole nitrogens is 1. The van der Waals surface area contributed by atoms with Gasteiger partial charge in [0.1, 0.15) is 5.65 Å². The number of pyridine rings is 1. The summed E-state index contributed by atoms with van der Waals surface area (Å²) in [6, 6.07) is 2.16. The molecule has 4 heteroatoms. The highest BCUT2D eigenvalue weighted by atomic mass is 16.4. The van der Waals surface area contributed by atoms with Crippen LogP contribution in [0.15, 0.2) is 29.1 Å². The van der Waals surface area contributed by atoms with Gasteiger partial charge in [-0.3, -0.25) is 0 Å². The van der Waals surface area contributed by atoms with Gasteiger partial charge in [-0.05, 0) is 30.4 Å². The van der Waals surface area contributed by atoms with Gasteiger partial charge in [0.2, 0.25) is 0 Å². The summed E-state index contributed by atoms with van der Waals surface area (Å²) in [5.41, 5.74) is 3.35. The lowest BCUT2D eigenvalue weighted by atomic mass is 9.80. The number of rotatable bonds is 2. The highest BCUT2D eigenvalue weighted by Gasteiger charge is 2.23. The smallest absolute Gasteiger partial charge is 0.191 e. The Hall–Kier alpha value is -2.10. The van der Waals surface area contributed by atoms with Crippen LogP contribution < -0.4 is 0 Å². The third kappa shape index (κ3) is 1.67. The van der Waals surface area contributed by atoms with E-state index in [2.05, 4.69) is 27.2 Å². The molecule has 3 aromatic heterocycles. The van der Waals surface area contributed by atoms with Crippen molar-refractivity contribution in [2.75, 3.05) is 0 Å². The molecule has 1 fully saturated rings. The Kier molecular flexibility index (Phi) is 2.24. The Balaban J connectivity index is 1.85. The van der Waals surface area contributed by atoms with Gasteiger partial charge < -0.3 is 9.40 Å². The number of hydrogen-bond donors (Lipinski definition) is 1. The van der Waals surface area contributed by atoms with Crippen LogP contribution in [0, 0.1) is 6.92 Å². The first-order chi connectivity index (χ1) is 9.31. The first kappa shape index (κ1) is 10.8. The Labute approximate surface area is 110 Å². The quantitative estimate of drug-likeness (QED) is 0.755. The number of aryl methyl sites for hydroxylation is 1. The standard InChI is InChI=1S/C15H15N3O/c1-9-16-8-14(19-9)11-5-12-13(10-3-2-4-10)7-18-15(12)17-6-11/h5-8,10H,2-4H2,1H3,(H,17,18). The Morgan fingerprint density at radius 2 is 2.16 bits per heavy atom. The molecule has 3 aromatic rings. The van der Waals surface area contributed by atoms with Gasteiger partial charge in [-0.25, -0.2) is 9.97 Å². The van der Waals surface area contributed by atoms with Crippen LogP contribution in [0.5, 0.6) is 0 Å². The third-order valence-corrected chi connectivity index (χ3v) is 4.01. The maximum Gasteiger partial charge on any atom is 0.191 e. The Morgan fingerprint density at radius 3 is 2.84 bits per heavy atom. The largest absolute Gasteiger partial charge is 0.441 e. The van der Waals surface area contributed by atoms with Crippen LogP contribution in [-0.4, -0.2) is 15.0 Å². The minimum atomic E-state index is 0.684. The first-order valence-corrected chi connectivity index (χ1v) is 6.71. The van der Waals surface area contributed by atoms with Crippen molar-refractivity contribution in [1.82, 2.24) is 15.0 Å². The summed E-state index contributed by atoms with van der Waals surface area (Å²) < 4.78 is 5.57. The van der Waals surface area contributed by atoms with E-state index in [-0.39, 0.29) is 0 Å². The van der Waals surface area contributed by atoms with Gasteiger partial charge in [0.15, 0.2) is 11.7 Å². The maximum absolute atomic E-state index is 5.57. The predicted octanol–water partition coefficient (Wildman–Crippen LogP) is 3.79. The fourth-order valence-corrected chi connectivity index (χ4v) is 2.71. The van der Waals surface area contributed by atoms with Crippen molar-refractivity contribution in [3.05, 3.63) is 36.1 Å². The monoisotopic (exact) mass is 253 g/mol. The summed E-state index contributed by atoms with van der Waals surface area (Å²) in [6.45, 7) is 1.85. The average Bonchev–Trinajstić information content (AvgIpc) is 2.94. The van der Waals surface area contributed by atoms with Gasteiger partial charge in [-0.2, -0.15) is 0 Å². The molecule has 0 atom stereocenters. The Morgan fingerprint density at radius 1 is 1.26 bits per heavy atom. The van der Waals surface area contributed by atoms with Gasteiger partial charge in [-0.1, -0.05) is 6.42 Å². The summed E-state index contributed by atoms with van der Waals surface area (Å²) in [5.74, 6) is 2.17. The van der Waals surface area contributed by atoms with Gasteiger partial charge in [-0.15, -0.1) is 0 Å². The number of aromatic nitrogens is 3. The molecule has 0 unspecified atom stereocenters. The van der Waals surface area contributed by atoms with E-state index >= 15 is 0 Å². The number of fused-ring (bicyclic) bond motifs is 1. The van der Waals surface area contributed by atoms with Crippen LogP contribution in [0.2, 0.25) is 0 Å². The van der Waals surface area contributed by atoms with Crippen molar-refractivity contribution in [2.45, 2.75) is 32.1 Å². The molecule has 96 valence electrons. The number of oxazole rings is 1. The fraction of sp³-hybridized carbons (Fsp3) is 0.333. The molecule has 0 saturated heterocycles. The van der Waals surface area contributed by atoms with Crippen molar-refractivity contribution < 1.29 is 4.42 Å². The molecular weight excluding hydrogens is 238 g/mol. The van der Waals surface area contributed by atoms with E-state index in [9.17, 15) is 0 Å². The molecule has 1 aliphatic carbocycles. The molecule has 4 rings (SSSR count). The van der Waals surface area contributed by atoms with E-state index in [0.29, 0.717) is 11.8 Å². The molecule has 1 aliphatic rings. The number of nitrogens with one attached hydrogen (secondary N) is 1. The van der Waals surface area contributed by atoms with E-state index in [4.69, 9.17) is 4.42 Å². The normalized spacial score (nSPS) is 15.8. The van der Waals surface area contributed by atoms with E-state index < -0.39 is 0 Å². The maximum atomic E-state index is 5.57. The van der Waals surface area contributed by atoms with Crippen LogP contribution in [-0.2, 0) is 0 Å². The zero-order chi connectivity index (χ0) is 12.8. The van der Waals surface area contributed by atoms with E-state index in [0.717, 1.165) is 17.0 Å². The van der Waals surface area contributed by atoms with E-state index in [1.807, 2.05) is 13.1 Å². The summed E-state index contributed by atoms with van der Waals surface area (Å²) in [7, 11) is 0. The molecule has 0 aliphatic heterocycles. The molecule has 0 radical (unpaired) electrons. The molecule has 1 saturated carbocycles. The van der Waals surface area contributed by atoms with Crippen LogP contribution in [0.25, 0.3) is 22.4 Å². The minimum Gasteiger partial charge on any atom is -0.441 e. The molecule has 0 bridgehead atoms. The van der Waals surface area contributed by atoms with Crippen molar-refractivity contribution in [3.63, 3.8) is 0 Å². The van der Waals surface area contributed by atoms with Crippen molar-refractivity contribution in [1.29, 1.82) is 0 Å². The topological polar surface area (TPSA) is 54.7 Å². The number of nitrogens with zero attached hydrogens (tertiary/aromatic N) is 2. The van der Waals surface area contributed by atoms with Gasteiger partial charge >= 0.3 is 0 Å².